The summed E-state index contributed by atoms with van der Waals surface area (Å²) in [7, 11) is 0. The zero-order chi connectivity index (χ0) is 19.4. The Labute approximate surface area is 164 Å². The molecule has 3 rings (SSSR count). The highest BCUT2D eigenvalue weighted by atomic mass is 32.1. The fraction of sp³-hybridized carbons (Fsp3) is 0.476. The van der Waals surface area contributed by atoms with Crippen LogP contribution in [0.25, 0.3) is 0 Å². The van der Waals surface area contributed by atoms with Gasteiger partial charge in [0.05, 0.1) is 10.4 Å². The molecule has 5 nitrogen and oxygen atoms in total. The second-order valence-electron chi connectivity index (χ2n) is 8.12. The first-order chi connectivity index (χ1) is 12.8. The van der Waals surface area contributed by atoms with Crippen molar-refractivity contribution in [3.8, 4) is 0 Å². The van der Waals surface area contributed by atoms with E-state index in [1.807, 2.05) is 0 Å². The molecule has 2 heterocycles. The number of rotatable bonds is 5. The number of nitrogens with zero attached hydrogens (tertiary/aromatic N) is 1. The van der Waals surface area contributed by atoms with Crippen molar-refractivity contribution in [2.75, 3.05) is 13.1 Å². The number of aromatic nitrogens is 1. The molecule has 0 fully saturated rings. The van der Waals surface area contributed by atoms with Crippen LogP contribution in [0.5, 0.6) is 0 Å². The summed E-state index contributed by atoms with van der Waals surface area (Å²) in [5.74, 6) is 0.424. The van der Waals surface area contributed by atoms with Gasteiger partial charge >= 0.3 is 0 Å². The SMILES string of the molecule is CC(C)(C)C1CCc2sc(C(=O)NCCNC(=O)c3cccnc3)cc2C1. The Bertz CT molecular complexity index is 809. The number of pyridine rings is 1. The van der Waals surface area contributed by atoms with Crippen molar-refractivity contribution in [2.24, 2.45) is 11.3 Å². The molecule has 2 aromatic rings. The van der Waals surface area contributed by atoms with Gasteiger partial charge in [0, 0.05) is 30.4 Å². The topological polar surface area (TPSA) is 71.1 Å². The number of thiophene rings is 1. The van der Waals surface area contributed by atoms with Crippen LogP contribution in [-0.4, -0.2) is 29.9 Å². The Morgan fingerprint density at radius 1 is 1.22 bits per heavy atom. The Balaban J connectivity index is 1.48. The molecule has 0 aliphatic heterocycles. The standard InChI is InChI=1S/C21H27N3O2S/c1-21(2,3)16-6-7-17-15(11-16)12-18(27-17)20(26)24-10-9-23-19(25)14-5-4-8-22-13-14/h4-5,8,12-13,16H,6-7,9-11H2,1-3H3,(H,23,25)(H,24,26). The number of nitrogens with one attached hydrogen (secondary N) is 2. The molecule has 0 saturated heterocycles. The molecule has 2 aromatic heterocycles. The van der Waals surface area contributed by atoms with Crippen molar-refractivity contribution in [3.05, 3.63) is 51.5 Å². The third-order valence-electron chi connectivity index (χ3n) is 5.15. The van der Waals surface area contributed by atoms with Crippen molar-refractivity contribution < 1.29 is 9.59 Å². The fourth-order valence-corrected chi connectivity index (χ4v) is 4.54. The molecule has 0 saturated carbocycles. The third-order valence-corrected chi connectivity index (χ3v) is 6.39. The van der Waals surface area contributed by atoms with Crippen LogP contribution in [0.4, 0.5) is 0 Å². The van der Waals surface area contributed by atoms with E-state index in [1.54, 1.807) is 29.7 Å². The van der Waals surface area contributed by atoms with E-state index < -0.39 is 0 Å². The summed E-state index contributed by atoms with van der Waals surface area (Å²) in [5, 5.41) is 5.68. The summed E-state index contributed by atoms with van der Waals surface area (Å²) in [6.07, 6.45) is 6.47. The Kier molecular flexibility index (Phi) is 5.95. The monoisotopic (exact) mass is 385 g/mol. The van der Waals surface area contributed by atoms with E-state index in [1.165, 1.54) is 23.1 Å². The Morgan fingerprint density at radius 3 is 2.63 bits per heavy atom. The molecule has 0 bridgehead atoms. The van der Waals surface area contributed by atoms with Crippen molar-refractivity contribution in [1.82, 2.24) is 15.6 Å². The molecule has 1 atom stereocenters. The van der Waals surface area contributed by atoms with Gasteiger partial charge in [-0.25, -0.2) is 0 Å². The zero-order valence-electron chi connectivity index (χ0n) is 16.2. The minimum atomic E-state index is -0.183. The van der Waals surface area contributed by atoms with Crippen molar-refractivity contribution in [3.63, 3.8) is 0 Å². The summed E-state index contributed by atoms with van der Waals surface area (Å²) < 4.78 is 0. The van der Waals surface area contributed by atoms with E-state index in [0.717, 1.165) is 17.7 Å². The van der Waals surface area contributed by atoms with Crippen molar-refractivity contribution in [2.45, 2.75) is 40.0 Å². The van der Waals surface area contributed by atoms with Gasteiger partial charge in [-0.2, -0.15) is 0 Å². The predicted octanol–water partition coefficient (Wildman–Crippen LogP) is 3.45. The van der Waals surface area contributed by atoms with Gasteiger partial charge in [-0.3, -0.25) is 14.6 Å². The summed E-state index contributed by atoms with van der Waals surface area (Å²) in [6.45, 7) is 7.67. The van der Waals surface area contributed by atoms with Crippen LogP contribution in [0.1, 0.15) is 57.7 Å². The van der Waals surface area contributed by atoms with E-state index in [2.05, 4.69) is 42.5 Å². The molecule has 0 spiro atoms. The lowest BCUT2D eigenvalue weighted by atomic mass is 9.72. The van der Waals surface area contributed by atoms with E-state index >= 15 is 0 Å². The van der Waals surface area contributed by atoms with Crippen LogP contribution in [0.2, 0.25) is 0 Å². The molecule has 1 aliphatic rings. The van der Waals surface area contributed by atoms with Crippen LogP contribution in [0, 0.1) is 11.3 Å². The molecule has 1 unspecified atom stereocenters. The number of carbonyl (C=O) groups excluding carboxylic acids is 2. The lowest BCUT2D eigenvalue weighted by molar-refractivity contribution is 0.0929. The van der Waals surface area contributed by atoms with E-state index in [-0.39, 0.29) is 11.8 Å². The Morgan fingerprint density at radius 2 is 1.96 bits per heavy atom. The van der Waals surface area contributed by atoms with Gasteiger partial charge in [-0.05, 0) is 54.4 Å². The van der Waals surface area contributed by atoms with Gasteiger partial charge in [0.1, 0.15) is 0 Å². The lowest BCUT2D eigenvalue weighted by Gasteiger charge is -2.33. The molecule has 0 aromatic carbocycles. The average molecular weight is 386 g/mol. The van der Waals surface area contributed by atoms with Crippen LogP contribution in [0.15, 0.2) is 30.6 Å². The molecule has 1 aliphatic carbocycles. The fourth-order valence-electron chi connectivity index (χ4n) is 3.41. The van der Waals surface area contributed by atoms with Crippen molar-refractivity contribution >= 4 is 23.2 Å². The van der Waals surface area contributed by atoms with Gasteiger partial charge < -0.3 is 10.6 Å². The van der Waals surface area contributed by atoms with E-state index in [9.17, 15) is 9.59 Å². The van der Waals surface area contributed by atoms with E-state index in [0.29, 0.717) is 30.0 Å². The highest BCUT2D eigenvalue weighted by molar-refractivity contribution is 7.14. The van der Waals surface area contributed by atoms with Crippen LogP contribution < -0.4 is 10.6 Å². The quantitative estimate of drug-likeness (QED) is 0.775. The summed E-state index contributed by atoms with van der Waals surface area (Å²) in [5.41, 5.74) is 2.15. The number of aryl methyl sites for hydroxylation is 1. The molecule has 2 amide bonds. The molecular weight excluding hydrogens is 358 g/mol. The molecule has 0 radical (unpaired) electrons. The maximum atomic E-state index is 12.4. The molecule has 27 heavy (non-hydrogen) atoms. The first kappa shape index (κ1) is 19.5. The predicted molar refractivity (Wildman–Crippen MR) is 108 cm³/mol. The van der Waals surface area contributed by atoms with Crippen molar-refractivity contribution in [1.29, 1.82) is 0 Å². The van der Waals surface area contributed by atoms with Gasteiger partial charge in [0.25, 0.3) is 11.8 Å². The van der Waals surface area contributed by atoms with Crippen LogP contribution >= 0.6 is 11.3 Å². The normalized spacial score (nSPS) is 16.5. The molecule has 6 heteroatoms. The minimum Gasteiger partial charge on any atom is -0.350 e. The average Bonchev–Trinajstić information content (AvgIpc) is 3.08. The molecule has 144 valence electrons. The van der Waals surface area contributed by atoms with Crippen LogP contribution in [0.3, 0.4) is 0 Å². The van der Waals surface area contributed by atoms with E-state index in [4.69, 9.17) is 0 Å². The third kappa shape index (κ3) is 4.95. The number of carbonyl (C=O) groups is 2. The maximum absolute atomic E-state index is 12.4. The smallest absolute Gasteiger partial charge is 0.261 e. The highest BCUT2D eigenvalue weighted by Gasteiger charge is 2.30. The second kappa shape index (κ2) is 8.21. The molecule has 2 N–H and O–H groups in total. The number of fused-ring (bicyclic) bond motifs is 1. The number of hydrogen-bond donors (Lipinski definition) is 2. The van der Waals surface area contributed by atoms with Gasteiger partial charge in [-0.15, -0.1) is 11.3 Å². The van der Waals surface area contributed by atoms with Gasteiger partial charge in [0.15, 0.2) is 0 Å². The summed E-state index contributed by atoms with van der Waals surface area (Å²) in [6, 6.07) is 5.49. The van der Waals surface area contributed by atoms with Gasteiger partial charge in [-0.1, -0.05) is 20.8 Å². The number of amides is 2. The number of hydrogen-bond acceptors (Lipinski definition) is 4. The van der Waals surface area contributed by atoms with Gasteiger partial charge in [0.2, 0.25) is 0 Å². The first-order valence-corrected chi connectivity index (χ1v) is 10.2. The zero-order valence-corrected chi connectivity index (χ0v) is 17.0. The highest BCUT2D eigenvalue weighted by Crippen LogP contribution is 2.40. The molecular formula is C21H27N3O2S. The Hall–Kier alpha value is -2.21. The van der Waals surface area contributed by atoms with Crippen LogP contribution in [-0.2, 0) is 12.8 Å². The largest absolute Gasteiger partial charge is 0.350 e. The lowest BCUT2D eigenvalue weighted by Crippen LogP contribution is -2.34. The first-order valence-electron chi connectivity index (χ1n) is 9.42. The summed E-state index contributed by atoms with van der Waals surface area (Å²) in [4.78, 5) is 30.4. The maximum Gasteiger partial charge on any atom is 0.261 e. The minimum absolute atomic E-state index is 0.0580. The second-order valence-corrected chi connectivity index (χ2v) is 9.26. The summed E-state index contributed by atoms with van der Waals surface area (Å²) >= 11 is 1.61.